The van der Waals surface area contributed by atoms with Crippen molar-refractivity contribution in [2.75, 3.05) is 26.2 Å². The number of hydrogen-bond acceptors (Lipinski definition) is 8. The third-order valence-electron chi connectivity index (χ3n) is 7.19. The molecule has 0 saturated heterocycles. The van der Waals surface area contributed by atoms with E-state index in [-0.39, 0.29) is 11.1 Å². The van der Waals surface area contributed by atoms with Crippen LogP contribution in [0.15, 0.2) is 36.4 Å². The molecule has 236 valence electrons. The van der Waals surface area contributed by atoms with Gasteiger partial charge in [-0.3, -0.25) is 20.2 Å². The predicted molar refractivity (Wildman–Crippen MR) is 165 cm³/mol. The number of nitrogens with zero attached hydrogens (tertiary/aromatic N) is 3. The molecule has 11 nitrogen and oxygen atoms in total. The summed E-state index contributed by atoms with van der Waals surface area (Å²) in [5.74, 6) is -2.27. The zero-order valence-electron chi connectivity index (χ0n) is 25.5. The highest BCUT2D eigenvalue weighted by Gasteiger charge is 2.25. The van der Waals surface area contributed by atoms with Crippen LogP contribution in [0.5, 0.6) is 11.5 Å². The Kier molecular flexibility index (Phi) is 16.0. The van der Waals surface area contributed by atoms with Crippen molar-refractivity contribution in [3.05, 3.63) is 67.8 Å². The number of quaternary nitrogens is 1. The van der Waals surface area contributed by atoms with Crippen molar-refractivity contribution in [2.45, 2.75) is 90.6 Å². The molecule has 0 aliphatic heterocycles. The average Bonchev–Trinajstić information content (AvgIpc) is 2.94. The number of sulfone groups is 1. The number of phenolic OH excluding ortho intramolecular Hbond substituents is 2. The molecule has 0 heterocycles. The van der Waals surface area contributed by atoms with Crippen LogP contribution < -0.4 is 0 Å². The number of unbranched alkanes of at least 4 members (excludes halogenated alkanes) is 4. The van der Waals surface area contributed by atoms with Gasteiger partial charge in [0, 0.05) is 12.1 Å². The molecule has 0 saturated carbocycles. The Hall–Kier alpha value is -3.25. The summed E-state index contributed by atoms with van der Waals surface area (Å²) in [6, 6.07) is 6.42. The molecule has 0 aliphatic rings. The maximum Gasteiger partial charge on any atom is 0.310 e. The highest BCUT2D eigenvalue weighted by atomic mass is 32.2. The first-order valence-electron chi connectivity index (χ1n) is 14.8. The Labute approximate surface area is 250 Å². The van der Waals surface area contributed by atoms with Crippen LogP contribution in [0.2, 0.25) is 0 Å². The van der Waals surface area contributed by atoms with Crippen molar-refractivity contribution in [1.82, 2.24) is 0 Å². The first kappa shape index (κ1) is 36.8. The lowest BCUT2D eigenvalue weighted by atomic mass is 10.1. The fourth-order valence-electron chi connectivity index (χ4n) is 4.81. The molecule has 0 atom stereocenters. The normalized spacial score (nSPS) is 11.5. The second-order valence-electron chi connectivity index (χ2n) is 10.8. The predicted octanol–water partition coefficient (Wildman–Crippen LogP) is 7.03. The Bertz CT molecular complexity index is 1140. The molecular formula is C30H48N3O8S+. The SMILES string of the molecule is CCCC[N+](CCCC)(CCCC)CCCC.O=[N+]([O-])c1cc(CS(=O)(=O)Cc2ccc(O)c([N+](=O)[O-])c2)ccc1O. The summed E-state index contributed by atoms with van der Waals surface area (Å²) in [4.78, 5) is 19.9. The molecule has 12 heteroatoms. The zero-order chi connectivity index (χ0) is 31.8. The maximum atomic E-state index is 12.2. The molecule has 2 rings (SSSR count). The number of phenols is 2. The minimum Gasteiger partial charge on any atom is -0.502 e. The summed E-state index contributed by atoms with van der Waals surface area (Å²) in [7, 11) is -3.81. The molecular weight excluding hydrogens is 562 g/mol. The van der Waals surface area contributed by atoms with Crippen LogP contribution in [0.4, 0.5) is 11.4 Å². The fourth-order valence-corrected chi connectivity index (χ4v) is 6.29. The Morgan fingerprint density at radius 1 is 0.643 bits per heavy atom. The largest absolute Gasteiger partial charge is 0.502 e. The van der Waals surface area contributed by atoms with E-state index >= 15 is 0 Å². The number of benzene rings is 2. The van der Waals surface area contributed by atoms with Gasteiger partial charge >= 0.3 is 11.4 Å². The molecule has 0 radical (unpaired) electrons. The quantitative estimate of drug-likeness (QED) is 0.103. The van der Waals surface area contributed by atoms with Crippen molar-refractivity contribution in [3.8, 4) is 11.5 Å². The van der Waals surface area contributed by atoms with Crippen LogP contribution in [0.3, 0.4) is 0 Å². The summed E-state index contributed by atoms with van der Waals surface area (Å²) in [6.45, 7) is 15.0. The summed E-state index contributed by atoms with van der Waals surface area (Å²) in [5, 5.41) is 40.3. The molecule has 0 aromatic heterocycles. The van der Waals surface area contributed by atoms with Gasteiger partial charge in [0.05, 0.1) is 47.5 Å². The lowest BCUT2D eigenvalue weighted by molar-refractivity contribution is -0.929. The second kappa shape index (κ2) is 18.3. The van der Waals surface area contributed by atoms with E-state index in [4.69, 9.17) is 0 Å². The topological polar surface area (TPSA) is 161 Å². The van der Waals surface area contributed by atoms with E-state index in [1.54, 1.807) is 0 Å². The molecule has 0 unspecified atom stereocenters. The van der Waals surface area contributed by atoms with Crippen molar-refractivity contribution < 1.29 is 33.0 Å². The van der Waals surface area contributed by atoms with Crippen LogP contribution in [-0.4, -0.2) is 59.1 Å². The number of hydrogen-bond donors (Lipinski definition) is 2. The van der Waals surface area contributed by atoms with Gasteiger partial charge in [0.2, 0.25) is 0 Å². The molecule has 0 aliphatic carbocycles. The van der Waals surface area contributed by atoms with E-state index in [9.17, 15) is 38.9 Å². The molecule has 0 spiro atoms. The van der Waals surface area contributed by atoms with E-state index in [1.807, 2.05) is 0 Å². The van der Waals surface area contributed by atoms with Crippen LogP contribution in [0, 0.1) is 20.2 Å². The first-order valence-corrected chi connectivity index (χ1v) is 16.6. The van der Waals surface area contributed by atoms with Gasteiger partial charge in [-0.25, -0.2) is 8.42 Å². The summed E-state index contributed by atoms with van der Waals surface area (Å²) < 4.78 is 25.9. The first-order chi connectivity index (χ1) is 19.8. The lowest BCUT2D eigenvalue weighted by Crippen LogP contribution is -2.50. The van der Waals surface area contributed by atoms with Gasteiger partial charge in [0.15, 0.2) is 21.3 Å². The monoisotopic (exact) mass is 610 g/mol. The lowest BCUT2D eigenvalue weighted by Gasteiger charge is -2.39. The average molecular weight is 611 g/mol. The van der Waals surface area contributed by atoms with Gasteiger partial charge in [-0.15, -0.1) is 0 Å². The minimum atomic E-state index is -3.81. The highest BCUT2D eigenvalue weighted by Crippen LogP contribution is 2.29. The van der Waals surface area contributed by atoms with Gasteiger partial charge < -0.3 is 14.7 Å². The van der Waals surface area contributed by atoms with Crippen LogP contribution in [0.25, 0.3) is 0 Å². The number of nitro benzene ring substituents is 2. The summed E-state index contributed by atoms with van der Waals surface area (Å²) in [6.07, 6.45) is 11.1. The smallest absolute Gasteiger partial charge is 0.310 e. The number of rotatable bonds is 18. The van der Waals surface area contributed by atoms with Gasteiger partial charge in [-0.2, -0.15) is 0 Å². The van der Waals surface area contributed by atoms with Crippen molar-refractivity contribution >= 4 is 21.2 Å². The Morgan fingerprint density at radius 3 is 1.21 bits per heavy atom. The van der Waals surface area contributed by atoms with Gasteiger partial charge in [0.25, 0.3) is 0 Å². The minimum absolute atomic E-state index is 0.0952. The third kappa shape index (κ3) is 12.7. The van der Waals surface area contributed by atoms with Gasteiger partial charge in [-0.1, -0.05) is 65.5 Å². The standard InChI is InChI=1S/C16H36N.C14H12N2O8S/c1-5-9-13-17(14-10-6-2,15-11-7-3)16-12-8-4;17-13-3-1-9(5-11(13)15(19)20)7-25(23,24)8-10-2-4-14(18)12(6-10)16(21)22/h5-16H2,1-4H3;1-6,17-18H,7-8H2/q+1;. The van der Waals surface area contributed by atoms with Crippen molar-refractivity contribution in [3.63, 3.8) is 0 Å². The molecule has 2 aromatic rings. The summed E-state index contributed by atoms with van der Waals surface area (Å²) in [5.41, 5.74) is -1.04. The summed E-state index contributed by atoms with van der Waals surface area (Å²) >= 11 is 0. The Morgan fingerprint density at radius 2 is 0.952 bits per heavy atom. The van der Waals surface area contributed by atoms with Gasteiger partial charge in [0.1, 0.15) is 0 Å². The molecule has 2 aromatic carbocycles. The van der Waals surface area contributed by atoms with Crippen LogP contribution >= 0.6 is 0 Å². The molecule has 0 bridgehead atoms. The zero-order valence-corrected chi connectivity index (χ0v) is 26.3. The van der Waals surface area contributed by atoms with E-state index < -0.39 is 54.1 Å². The van der Waals surface area contributed by atoms with Crippen molar-refractivity contribution in [1.29, 1.82) is 0 Å². The third-order valence-corrected chi connectivity index (χ3v) is 8.74. The molecule has 0 fully saturated rings. The molecule has 2 N–H and O–H groups in total. The Balaban J connectivity index is 0.000000456. The molecule has 0 amide bonds. The number of aromatic hydroxyl groups is 2. The van der Waals surface area contributed by atoms with E-state index in [0.29, 0.717) is 0 Å². The van der Waals surface area contributed by atoms with E-state index in [0.717, 1.165) is 24.3 Å². The van der Waals surface area contributed by atoms with Crippen molar-refractivity contribution in [2.24, 2.45) is 0 Å². The second-order valence-corrected chi connectivity index (χ2v) is 12.9. The van der Waals surface area contributed by atoms with E-state index in [1.165, 1.54) is 94.2 Å². The van der Waals surface area contributed by atoms with Crippen LogP contribution in [-0.2, 0) is 21.3 Å². The fraction of sp³-hybridized carbons (Fsp3) is 0.600. The number of nitro groups is 2. The maximum absolute atomic E-state index is 12.2. The highest BCUT2D eigenvalue weighted by molar-refractivity contribution is 7.89. The van der Waals surface area contributed by atoms with E-state index in [2.05, 4.69) is 27.7 Å². The van der Waals surface area contributed by atoms with Gasteiger partial charge in [-0.05, 0) is 48.9 Å². The van der Waals surface area contributed by atoms with Crippen LogP contribution in [0.1, 0.15) is 90.2 Å². The molecule has 42 heavy (non-hydrogen) atoms.